The molecule has 0 amide bonds. The first-order valence-corrected chi connectivity index (χ1v) is 19.4. The van der Waals surface area contributed by atoms with Gasteiger partial charge in [0.1, 0.15) is 17.3 Å². The second-order valence-corrected chi connectivity index (χ2v) is 14.8. The number of benzene rings is 4. The third-order valence-corrected chi connectivity index (χ3v) is 11.1. The highest BCUT2D eigenvalue weighted by Gasteiger charge is 2.28. The molecule has 4 aromatic heterocycles. The summed E-state index contributed by atoms with van der Waals surface area (Å²) < 4.78 is 18.5. The lowest BCUT2D eigenvalue weighted by Gasteiger charge is -2.25. The third-order valence-electron chi connectivity index (χ3n) is 11.1. The van der Waals surface area contributed by atoms with Crippen molar-refractivity contribution in [1.82, 2.24) is 25.3 Å². The van der Waals surface area contributed by atoms with Gasteiger partial charge < -0.3 is 23.4 Å². The van der Waals surface area contributed by atoms with Crippen molar-refractivity contribution < 1.29 is 13.6 Å². The number of nitriles is 2. The van der Waals surface area contributed by atoms with Crippen LogP contribution in [0, 0.1) is 50.4 Å². The minimum atomic E-state index is 0.648. The quantitative estimate of drug-likeness (QED) is 0.168. The van der Waals surface area contributed by atoms with Crippen LogP contribution in [0.15, 0.2) is 111 Å². The molecule has 2 aliphatic heterocycles. The zero-order valence-corrected chi connectivity index (χ0v) is 33.3. The van der Waals surface area contributed by atoms with Crippen molar-refractivity contribution in [3.8, 4) is 56.6 Å². The van der Waals surface area contributed by atoms with Gasteiger partial charge in [-0.2, -0.15) is 15.6 Å². The molecule has 59 heavy (non-hydrogen) atoms. The lowest BCUT2D eigenvalue weighted by Crippen LogP contribution is -2.19. The highest BCUT2D eigenvalue weighted by molar-refractivity contribution is 5.90. The molecule has 2 aliphatic rings. The first-order chi connectivity index (χ1) is 28.7. The van der Waals surface area contributed by atoms with E-state index in [4.69, 9.17) is 24.1 Å². The van der Waals surface area contributed by atoms with Gasteiger partial charge in [0.15, 0.2) is 0 Å². The largest absolute Gasteiger partial charge is 0.361 e. The number of fused-ring (bicyclic) bond motifs is 6. The third kappa shape index (κ3) is 6.70. The summed E-state index contributed by atoms with van der Waals surface area (Å²) in [6.45, 7) is 9.38. The topological polar surface area (TPSA) is 150 Å². The minimum Gasteiger partial charge on any atom is -0.361 e. The molecule has 4 aromatic carbocycles. The Morgan fingerprint density at radius 1 is 0.559 bits per heavy atom. The molecular weight excluding hydrogens is 739 g/mol. The summed E-state index contributed by atoms with van der Waals surface area (Å²) >= 11 is 0. The van der Waals surface area contributed by atoms with Crippen LogP contribution < -0.4 is 9.80 Å². The lowest BCUT2D eigenvalue weighted by molar-refractivity contribution is 0.381. The highest BCUT2D eigenvalue weighted by atomic mass is 16.5. The first-order valence-electron chi connectivity index (χ1n) is 19.4. The molecule has 10 rings (SSSR count). The fraction of sp³-hybridized carbons (Fsp3) is 0.191. The van der Waals surface area contributed by atoms with Gasteiger partial charge in [0, 0.05) is 95.3 Å². The van der Waals surface area contributed by atoms with Gasteiger partial charge >= 0.3 is 0 Å². The Bertz CT molecular complexity index is 2920. The first kappa shape index (κ1) is 36.9. The standard InChI is InChI=1S/C24H20N4O2.C23H19N5O/c1-14-23(16(3)29-26-14)18-6-9-21-20(12-18)24-15(2)27-30-22(24)10-11-28(21)19-7-4-17(13-25)5-8-19;1-15-23-20-11-17(18-13-25-27(2)14-18)5-8-21(20)28(10-9-22(23)29-26-15)19-6-3-16(12-24)4-7-19/h4-9,12H,10-11H2,1-3H3;3-8,11,13-14H,9-10H2,1-2H3. The van der Waals surface area contributed by atoms with Crippen LogP contribution in [0.4, 0.5) is 22.7 Å². The van der Waals surface area contributed by atoms with Gasteiger partial charge in [-0.25, -0.2) is 0 Å². The average Bonchev–Trinajstić information content (AvgIpc) is 4.00. The maximum atomic E-state index is 9.13. The molecule has 0 saturated carbocycles. The molecule has 8 aromatic rings. The van der Waals surface area contributed by atoms with Crippen molar-refractivity contribution in [2.24, 2.45) is 7.05 Å². The van der Waals surface area contributed by atoms with Gasteiger partial charge in [-0.1, -0.05) is 27.6 Å². The Kier molecular flexibility index (Phi) is 9.38. The number of anilines is 4. The molecule has 0 saturated heterocycles. The summed E-state index contributed by atoms with van der Waals surface area (Å²) in [5, 5.41) is 35.1. The number of hydrogen-bond acceptors (Lipinski definition) is 11. The van der Waals surface area contributed by atoms with Crippen molar-refractivity contribution in [1.29, 1.82) is 10.5 Å². The van der Waals surface area contributed by atoms with Crippen molar-refractivity contribution in [3.05, 3.63) is 143 Å². The van der Waals surface area contributed by atoms with Gasteiger partial charge in [0.2, 0.25) is 0 Å². The second kappa shape index (κ2) is 15.0. The van der Waals surface area contributed by atoms with Crippen molar-refractivity contribution in [2.45, 2.75) is 40.5 Å². The van der Waals surface area contributed by atoms with E-state index in [-0.39, 0.29) is 0 Å². The molecule has 0 bridgehead atoms. The number of nitrogens with zero attached hydrogens (tertiary/aromatic N) is 9. The molecule has 0 aliphatic carbocycles. The molecule has 290 valence electrons. The molecule has 0 spiro atoms. The average molecular weight is 778 g/mol. The smallest absolute Gasteiger partial charge is 0.146 e. The summed E-state index contributed by atoms with van der Waals surface area (Å²) in [7, 11) is 1.92. The summed E-state index contributed by atoms with van der Waals surface area (Å²) in [4.78, 5) is 4.54. The fourth-order valence-corrected chi connectivity index (χ4v) is 8.24. The van der Waals surface area contributed by atoms with E-state index in [0.29, 0.717) is 11.1 Å². The zero-order valence-electron chi connectivity index (χ0n) is 33.3. The van der Waals surface area contributed by atoms with Gasteiger partial charge in [0.25, 0.3) is 0 Å². The second-order valence-electron chi connectivity index (χ2n) is 14.8. The maximum absolute atomic E-state index is 9.13. The normalized spacial score (nSPS) is 12.8. The van der Waals surface area contributed by atoms with E-state index in [1.54, 1.807) is 4.68 Å². The number of rotatable bonds is 4. The van der Waals surface area contributed by atoms with E-state index in [1.807, 2.05) is 95.7 Å². The minimum absolute atomic E-state index is 0.648. The van der Waals surface area contributed by atoms with Crippen LogP contribution in [-0.4, -0.2) is 38.3 Å². The summed E-state index contributed by atoms with van der Waals surface area (Å²) in [6.07, 6.45) is 5.38. The Hall–Kier alpha value is -7.70. The molecule has 0 radical (unpaired) electrons. The molecule has 0 atom stereocenters. The van der Waals surface area contributed by atoms with Gasteiger partial charge in [-0.3, -0.25) is 4.68 Å². The Morgan fingerprint density at radius 3 is 1.49 bits per heavy atom. The van der Waals surface area contributed by atoms with Crippen LogP contribution in [0.25, 0.3) is 44.5 Å². The highest BCUT2D eigenvalue weighted by Crippen LogP contribution is 2.45. The lowest BCUT2D eigenvalue weighted by atomic mass is 9.95. The summed E-state index contributed by atoms with van der Waals surface area (Å²) in [5.41, 5.74) is 16.8. The molecule has 6 heterocycles. The van der Waals surface area contributed by atoms with E-state index in [1.165, 1.54) is 0 Å². The predicted octanol–water partition coefficient (Wildman–Crippen LogP) is 10.1. The predicted molar refractivity (Wildman–Crippen MR) is 224 cm³/mol. The fourth-order valence-electron chi connectivity index (χ4n) is 8.24. The summed E-state index contributed by atoms with van der Waals surface area (Å²) in [6, 6.07) is 32.6. The maximum Gasteiger partial charge on any atom is 0.146 e. The molecule has 0 fully saturated rings. The molecule has 12 heteroatoms. The van der Waals surface area contributed by atoms with E-state index < -0.39 is 0 Å². The van der Waals surface area contributed by atoms with Crippen LogP contribution >= 0.6 is 0 Å². The van der Waals surface area contributed by atoms with E-state index in [0.717, 1.165) is 128 Å². The van der Waals surface area contributed by atoms with Crippen LogP contribution in [0.5, 0.6) is 0 Å². The van der Waals surface area contributed by atoms with E-state index >= 15 is 0 Å². The molecule has 0 N–H and O–H groups in total. The zero-order chi connectivity index (χ0) is 40.8. The molecule has 12 nitrogen and oxygen atoms in total. The SMILES string of the molecule is Cc1noc(C)c1-c1ccc2c(c1)-c1c(C)noc1CCN2c1ccc(C#N)cc1.Cc1noc2c1-c1cc(-c3cnn(C)c3)ccc1N(c1ccc(C#N)cc1)CC2. The van der Waals surface area contributed by atoms with Crippen molar-refractivity contribution >= 4 is 22.7 Å². The van der Waals surface area contributed by atoms with Crippen LogP contribution in [0.3, 0.4) is 0 Å². The number of hydrogen-bond donors (Lipinski definition) is 0. The van der Waals surface area contributed by atoms with Crippen LogP contribution in [0.1, 0.15) is 45.5 Å². The molecule has 0 unspecified atom stereocenters. The van der Waals surface area contributed by atoms with Gasteiger partial charge in [-0.15, -0.1) is 0 Å². The Labute approximate surface area is 341 Å². The number of aryl methyl sites for hydroxylation is 5. The Balaban J connectivity index is 0.000000152. The monoisotopic (exact) mass is 777 g/mol. The van der Waals surface area contributed by atoms with Crippen molar-refractivity contribution in [2.75, 3.05) is 22.9 Å². The van der Waals surface area contributed by atoms with E-state index in [9.17, 15) is 0 Å². The van der Waals surface area contributed by atoms with Crippen molar-refractivity contribution in [3.63, 3.8) is 0 Å². The van der Waals surface area contributed by atoms with E-state index in [2.05, 4.69) is 78.9 Å². The van der Waals surface area contributed by atoms with Crippen LogP contribution in [0.2, 0.25) is 0 Å². The van der Waals surface area contributed by atoms with Gasteiger partial charge in [0.05, 0.1) is 46.5 Å². The Morgan fingerprint density at radius 2 is 1.03 bits per heavy atom. The molecular formula is C47H39N9O3. The summed E-state index contributed by atoms with van der Waals surface area (Å²) in [5.74, 6) is 2.59. The van der Waals surface area contributed by atoms with Crippen LogP contribution in [-0.2, 0) is 19.9 Å². The number of aromatic nitrogens is 5. The van der Waals surface area contributed by atoms with Gasteiger partial charge in [-0.05, 0) is 112 Å².